The Morgan fingerprint density at radius 3 is 2.44 bits per heavy atom. The predicted molar refractivity (Wildman–Crippen MR) is 60.0 cm³/mol. The van der Waals surface area contributed by atoms with Crippen LogP contribution < -0.4 is 10.1 Å². The minimum Gasteiger partial charge on any atom is -0.479 e. The summed E-state index contributed by atoms with van der Waals surface area (Å²) in [5.74, 6) is 0.517. The van der Waals surface area contributed by atoms with Gasteiger partial charge in [0.05, 0.1) is 6.54 Å². The van der Waals surface area contributed by atoms with Crippen LogP contribution in [0.15, 0.2) is 24.3 Å². The van der Waals surface area contributed by atoms with E-state index in [-0.39, 0.29) is 6.61 Å². The van der Waals surface area contributed by atoms with Gasteiger partial charge in [0.2, 0.25) is 0 Å². The normalized spacial score (nSPS) is 12.8. The molecule has 0 heterocycles. The molecule has 1 unspecified atom stereocenters. The van der Waals surface area contributed by atoms with E-state index in [1.54, 1.807) is 31.2 Å². The van der Waals surface area contributed by atoms with Crippen LogP contribution in [-0.2, 0) is 0 Å². The Morgan fingerprint density at radius 2 is 1.94 bits per heavy atom. The lowest BCUT2D eigenvalue weighted by atomic mass is 10.1. The number of ether oxygens (including phenoxy) is 1. The van der Waals surface area contributed by atoms with Crippen LogP contribution in [-0.4, -0.2) is 19.3 Å². The Balaban J connectivity index is 2.54. The molecule has 0 saturated carbocycles. The fourth-order valence-corrected chi connectivity index (χ4v) is 1.36. The second-order valence-corrected chi connectivity index (χ2v) is 3.73. The topological polar surface area (TPSA) is 45.0 Å². The van der Waals surface area contributed by atoms with E-state index in [4.69, 9.17) is 10.00 Å². The van der Waals surface area contributed by atoms with Gasteiger partial charge in [-0.3, -0.25) is 0 Å². The van der Waals surface area contributed by atoms with E-state index in [9.17, 15) is 13.2 Å². The molecular formula is C12H13F3N2O. The van der Waals surface area contributed by atoms with Crippen molar-refractivity contribution < 1.29 is 17.9 Å². The number of rotatable bonds is 5. The van der Waals surface area contributed by atoms with Crippen LogP contribution >= 0.6 is 0 Å². The summed E-state index contributed by atoms with van der Waals surface area (Å²) in [4.78, 5) is 0. The van der Waals surface area contributed by atoms with Gasteiger partial charge in [-0.2, -0.15) is 18.4 Å². The Bertz CT molecular complexity index is 409. The number of hydrogen-bond donors (Lipinski definition) is 1. The molecule has 0 amide bonds. The van der Waals surface area contributed by atoms with E-state index in [0.717, 1.165) is 5.56 Å². The van der Waals surface area contributed by atoms with Gasteiger partial charge >= 0.3 is 6.18 Å². The standard InChI is InChI=1S/C12H13F3N2O/c1-9(17-8-12(13,14)15)10-2-4-11(5-3-10)18-7-6-16/h2-5,9,17H,7-8H2,1H3. The summed E-state index contributed by atoms with van der Waals surface area (Å²) in [7, 11) is 0. The van der Waals surface area contributed by atoms with Gasteiger partial charge in [0.15, 0.2) is 6.61 Å². The molecule has 1 aromatic rings. The molecule has 1 aromatic carbocycles. The van der Waals surface area contributed by atoms with Crippen molar-refractivity contribution in [2.24, 2.45) is 0 Å². The zero-order valence-corrected chi connectivity index (χ0v) is 9.79. The molecule has 0 bridgehead atoms. The zero-order chi connectivity index (χ0) is 13.6. The molecule has 18 heavy (non-hydrogen) atoms. The van der Waals surface area contributed by atoms with Crippen molar-refractivity contribution >= 4 is 0 Å². The van der Waals surface area contributed by atoms with Gasteiger partial charge in [0.1, 0.15) is 11.8 Å². The van der Waals surface area contributed by atoms with Gasteiger partial charge < -0.3 is 10.1 Å². The molecule has 0 saturated heterocycles. The third-order valence-electron chi connectivity index (χ3n) is 2.29. The smallest absolute Gasteiger partial charge is 0.401 e. The van der Waals surface area contributed by atoms with E-state index in [1.165, 1.54) is 0 Å². The van der Waals surface area contributed by atoms with Crippen LogP contribution in [0.3, 0.4) is 0 Å². The highest BCUT2D eigenvalue weighted by atomic mass is 19.4. The number of nitriles is 1. The summed E-state index contributed by atoms with van der Waals surface area (Å²) in [5.41, 5.74) is 0.726. The lowest BCUT2D eigenvalue weighted by molar-refractivity contribution is -0.126. The SMILES string of the molecule is CC(NCC(F)(F)F)c1ccc(OCC#N)cc1. The summed E-state index contributed by atoms with van der Waals surface area (Å²) >= 11 is 0. The van der Waals surface area contributed by atoms with E-state index in [0.29, 0.717) is 5.75 Å². The summed E-state index contributed by atoms with van der Waals surface area (Å²) in [5, 5.41) is 10.7. The fraction of sp³-hybridized carbons (Fsp3) is 0.417. The maximum atomic E-state index is 12.0. The van der Waals surface area contributed by atoms with Gasteiger partial charge in [0.25, 0.3) is 0 Å². The quantitative estimate of drug-likeness (QED) is 0.883. The van der Waals surface area contributed by atoms with Crippen LogP contribution in [0.25, 0.3) is 0 Å². The van der Waals surface area contributed by atoms with Crippen LogP contribution in [0, 0.1) is 11.3 Å². The lowest BCUT2D eigenvalue weighted by Gasteiger charge is -2.16. The van der Waals surface area contributed by atoms with Crippen LogP contribution in [0.5, 0.6) is 5.75 Å². The number of hydrogen-bond acceptors (Lipinski definition) is 3. The van der Waals surface area contributed by atoms with Crippen molar-refractivity contribution in [1.82, 2.24) is 5.32 Å². The molecular weight excluding hydrogens is 245 g/mol. The first kappa shape index (κ1) is 14.3. The van der Waals surface area contributed by atoms with Crippen LogP contribution in [0.4, 0.5) is 13.2 Å². The monoisotopic (exact) mass is 258 g/mol. The summed E-state index contributed by atoms with van der Waals surface area (Å²) < 4.78 is 41.1. The minimum absolute atomic E-state index is 0.0543. The Labute approximate surface area is 103 Å². The van der Waals surface area contributed by atoms with Crippen molar-refractivity contribution in [3.05, 3.63) is 29.8 Å². The van der Waals surface area contributed by atoms with Gasteiger partial charge in [-0.25, -0.2) is 0 Å². The molecule has 98 valence electrons. The second-order valence-electron chi connectivity index (χ2n) is 3.73. The molecule has 6 heteroatoms. The Morgan fingerprint density at radius 1 is 1.33 bits per heavy atom. The predicted octanol–water partition coefficient (Wildman–Crippen LogP) is 2.80. The van der Waals surface area contributed by atoms with E-state index < -0.39 is 18.8 Å². The molecule has 0 radical (unpaired) electrons. The van der Waals surface area contributed by atoms with Crippen molar-refractivity contribution in [2.75, 3.05) is 13.2 Å². The molecule has 0 aromatic heterocycles. The van der Waals surface area contributed by atoms with E-state index in [1.807, 2.05) is 6.07 Å². The van der Waals surface area contributed by atoms with Crippen molar-refractivity contribution in [2.45, 2.75) is 19.1 Å². The molecule has 0 aliphatic rings. The maximum absolute atomic E-state index is 12.0. The highest BCUT2D eigenvalue weighted by Gasteiger charge is 2.27. The molecule has 0 aliphatic heterocycles. The third kappa shape index (κ3) is 5.06. The highest BCUT2D eigenvalue weighted by molar-refractivity contribution is 5.29. The highest BCUT2D eigenvalue weighted by Crippen LogP contribution is 2.19. The van der Waals surface area contributed by atoms with E-state index >= 15 is 0 Å². The largest absolute Gasteiger partial charge is 0.479 e. The molecule has 1 N–H and O–H groups in total. The molecule has 0 spiro atoms. The average molecular weight is 258 g/mol. The molecule has 0 aliphatic carbocycles. The van der Waals surface area contributed by atoms with Crippen LogP contribution in [0.1, 0.15) is 18.5 Å². The molecule has 3 nitrogen and oxygen atoms in total. The Hall–Kier alpha value is -1.74. The number of nitrogens with one attached hydrogen (secondary N) is 1. The maximum Gasteiger partial charge on any atom is 0.401 e. The van der Waals surface area contributed by atoms with Gasteiger partial charge in [-0.15, -0.1) is 0 Å². The first-order valence-corrected chi connectivity index (χ1v) is 5.32. The lowest BCUT2D eigenvalue weighted by Crippen LogP contribution is -2.30. The fourth-order valence-electron chi connectivity index (χ4n) is 1.36. The molecule has 0 fully saturated rings. The van der Waals surface area contributed by atoms with Gasteiger partial charge in [-0.05, 0) is 24.6 Å². The molecule has 1 rings (SSSR count). The summed E-state index contributed by atoms with van der Waals surface area (Å²) in [6, 6.07) is 8.01. The number of halogens is 3. The summed E-state index contributed by atoms with van der Waals surface area (Å²) in [6.45, 7) is 0.568. The zero-order valence-electron chi connectivity index (χ0n) is 9.79. The Kier molecular flexibility index (Phi) is 4.98. The molecule has 1 atom stereocenters. The summed E-state index contributed by atoms with van der Waals surface area (Å²) in [6.07, 6.45) is -4.22. The number of alkyl halides is 3. The minimum atomic E-state index is -4.22. The van der Waals surface area contributed by atoms with Crippen molar-refractivity contribution in [3.8, 4) is 11.8 Å². The average Bonchev–Trinajstić information content (AvgIpc) is 2.33. The van der Waals surface area contributed by atoms with Gasteiger partial charge in [-0.1, -0.05) is 12.1 Å². The van der Waals surface area contributed by atoms with Gasteiger partial charge in [0, 0.05) is 6.04 Å². The third-order valence-corrected chi connectivity index (χ3v) is 2.29. The first-order chi connectivity index (χ1) is 8.42. The second kappa shape index (κ2) is 6.26. The van der Waals surface area contributed by atoms with Crippen molar-refractivity contribution in [3.63, 3.8) is 0 Å². The van der Waals surface area contributed by atoms with E-state index in [2.05, 4.69) is 5.32 Å². The van der Waals surface area contributed by atoms with Crippen LogP contribution in [0.2, 0.25) is 0 Å². The number of nitrogens with zero attached hydrogens (tertiary/aromatic N) is 1. The number of benzene rings is 1. The van der Waals surface area contributed by atoms with Crippen molar-refractivity contribution in [1.29, 1.82) is 5.26 Å². The first-order valence-electron chi connectivity index (χ1n) is 5.32.